The maximum Gasteiger partial charge on any atom is 0.325 e. The summed E-state index contributed by atoms with van der Waals surface area (Å²) in [5, 5.41) is 2.51. The molecule has 0 bridgehead atoms. The molecule has 134 valence electrons. The van der Waals surface area contributed by atoms with Gasteiger partial charge >= 0.3 is 5.97 Å². The third kappa shape index (κ3) is 5.74. The van der Waals surface area contributed by atoms with Crippen molar-refractivity contribution < 1.29 is 18.7 Å². The highest BCUT2D eigenvalue weighted by atomic mass is 16.5. The molecule has 0 aliphatic heterocycles. The molecule has 0 aliphatic carbocycles. The molecule has 0 spiro atoms. The SMILES string of the molecule is CCOC(=O)CNC(=O)CCc1ncc(-c2ccc(C(C)C)cc2)o1. The van der Waals surface area contributed by atoms with Crippen LogP contribution in [0.3, 0.4) is 0 Å². The van der Waals surface area contributed by atoms with Gasteiger partial charge in [-0.15, -0.1) is 0 Å². The number of aromatic nitrogens is 1. The molecule has 1 aromatic carbocycles. The van der Waals surface area contributed by atoms with Gasteiger partial charge < -0.3 is 14.5 Å². The van der Waals surface area contributed by atoms with Gasteiger partial charge in [0.15, 0.2) is 11.7 Å². The van der Waals surface area contributed by atoms with E-state index in [0.29, 0.717) is 30.6 Å². The van der Waals surface area contributed by atoms with E-state index in [1.165, 1.54) is 5.56 Å². The van der Waals surface area contributed by atoms with Gasteiger partial charge in [0.25, 0.3) is 0 Å². The van der Waals surface area contributed by atoms with Crippen LogP contribution in [0.1, 0.15) is 44.6 Å². The number of oxazole rings is 1. The zero-order valence-corrected chi connectivity index (χ0v) is 14.9. The number of amides is 1. The molecule has 25 heavy (non-hydrogen) atoms. The van der Waals surface area contributed by atoms with Crippen LogP contribution < -0.4 is 5.32 Å². The van der Waals surface area contributed by atoms with Gasteiger partial charge in [0.1, 0.15) is 6.54 Å². The summed E-state index contributed by atoms with van der Waals surface area (Å²) in [7, 11) is 0. The lowest BCUT2D eigenvalue weighted by Gasteiger charge is -2.05. The molecule has 0 saturated carbocycles. The highest BCUT2D eigenvalue weighted by molar-refractivity contribution is 5.81. The molecule has 1 amide bonds. The summed E-state index contributed by atoms with van der Waals surface area (Å²) in [5.74, 6) is 0.965. The van der Waals surface area contributed by atoms with Gasteiger partial charge in [-0.25, -0.2) is 4.98 Å². The zero-order valence-electron chi connectivity index (χ0n) is 14.9. The molecule has 0 aliphatic rings. The van der Waals surface area contributed by atoms with E-state index < -0.39 is 5.97 Å². The van der Waals surface area contributed by atoms with Crippen LogP contribution >= 0.6 is 0 Å². The van der Waals surface area contributed by atoms with Gasteiger partial charge in [-0.05, 0) is 18.4 Å². The van der Waals surface area contributed by atoms with Crippen LogP contribution in [0.2, 0.25) is 0 Å². The van der Waals surface area contributed by atoms with Gasteiger partial charge in [-0.3, -0.25) is 9.59 Å². The minimum atomic E-state index is -0.445. The van der Waals surface area contributed by atoms with E-state index in [0.717, 1.165) is 5.56 Å². The summed E-state index contributed by atoms with van der Waals surface area (Å²) in [5.41, 5.74) is 2.22. The Balaban J connectivity index is 1.85. The van der Waals surface area contributed by atoms with Crippen molar-refractivity contribution in [1.82, 2.24) is 10.3 Å². The Morgan fingerprint density at radius 3 is 2.60 bits per heavy atom. The molecule has 0 radical (unpaired) electrons. The van der Waals surface area contributed by atoms with Crippen molar-refractivity contribution in [3.63, 3.8) is 0 Å². The maximum absolute atomic E-state index is 11.7. The number of carbonyl (C=O) groups excluding carboxylic acids is 2. The topological polar surface area (TPSA) is 81.4 Å². The molecule has 1 aromatic heterocycles. The minimum Gasteiger partial charge on any atom is -0.465 e. The third-order valence-corrected chi connectivity index (χ3v) is 3.72. The Bertz CT molecular complexity index is 704. The summed E-state index contributed by atoms with van der Waals surface area (Å²) >= 11 is 0. The Hall–Kier alpha value is -2.63. The van der Waals surface area contributed by atoms with Crippen molar-refractivity contribution in [2.75, 3.05) is 13.2 Å². The number of esters is 1. The number of rotatable bonds is 8. The van der Waals surface area contributed by atoms with E-state index >= 15 is 0 Å². The Morgan fingerprint density at radius 2 is 1.96 bits per heavy atom. The smallest absolute Gasteiger partial charge is 0.325 e. The normalized spacial score (nSPS) is 10.7. The van der Waals surface area contributed by atoms with Crippen molar-refractivity contribution in [2.45, 2.75) is 39.5 Å². The lowest BCUT2D eigenvalue weighted by molar-refractivity contribution is -0.143. The predicted molar refractivity (Wildman–Crippen MR) is 94.0 cm³/mol. The number of aryl methyl sites for hydroxylation is 1. The quantitative estimate of drug-likeness (QED) is 0.744. The standard InChI is InChI=1S/C19H24N2O4/c1-4-24-19(23)12-20-17(22)9-10-18-21-11-16(25-18)15-7-5-14(6-8-15)13(2)3/h5-8,11,13H,4,9-10,12H2,1-3H3,(H,20,22). The molecule has 1 heterocycles. The number of nitrogens with one attached hydrogen (secondary N) is 1. The average molecular weight is 344 g/mol. The first-order valence-electron chi connectivity index (χ1n) is 8.47. The van der Waals surface area contributed by atoms with Crippen molar-refractivity contribution >= 4 is 11.9 Å². The molecule has 0 unspecified atom stereocenters. The Labute approximate surface area is 147 Å². The first-order valence-corrected chi connectivity index (χ1v) is 8.47. The Kier molecular flexibility index (Phi) is 6.74. The van der Waals surface area contributed by atoms with Gasteiger partial charge in [0, 0.05) is 18.4 Å². The summed E-state index contributed by atoms with van der Waals surface area (Å²) < 4.78 is 10.4. The molecular weight excluding hydrogens is 320 g/mol. The summed E-state index contributed by atoms with van der Waals surface area (Å²) in [6.45, 7) is 6.19. The molecule has 6 heteroatoms. The largest absolute Gasteiger partial charge is 0.465 e. The number of hydrogen-bond acceptors (Lipinski definition) is 5. The van der Waals surface area contributed by atoms with Crippen LogP contribution in [-0.4, -0.2) is 30.0 Å². The fourth-order valence-corrected chi connectivity index (χ4v) is 2.28. The summed E-state index contributed by atoms with van der Waals surface area (Å²) in [6.07, 6.45) is 2.24. The number of ether oxygens (including phenoxy) is 1. The highest BCUT2D eigenvalue weighted by Crippen LogP contribution is 2.23. The minimum absolute atomic E-state index is 0.119. The van der Waals surface area contributed by atoms with Gasteiger partial charge in [-0.1, -0.05) is 38.1 Å². The molecular formula is C19H24N2O4. The van der Waals surface area contributed by atoms with Crippen molar-refractivity contribution in [3.8, 4) is 11.3 Å². The van der Waals surface area contributed by atoms with Crippen LogP contribution in [0, 0.1) is 0 Å². The summed E-state index contributed by atoms with van der Waals surface area (Å²) in [4.78, 5) is 27.1. The molecule has 0 atom stereocenters. The van der Waals surface area contributed by atoms with E-state index in [9.17, 15) is 9.59 Å². The Morgan fingerprint density at radius 1 is 1.24 bits per heavy atom. The molecule has 2 aromatic rings. The molecule has 1 N–H and O–H groups in total. The van der Waals surface area contributed by atoms with Crippen LogP contribution in [0.15, 0.2) is 34.9 Å². The average Bonchev–Trinajstić information content (AvgIpc) is 3.07. The molecule has 0 saturated heterocycles. The number of nitrogens with zero attached hydrogens (tertiary/aromatic N) is 1. The highest BCUT2D eigenvalue weighted by Gasteiger charge is 2.10. The van der Waals surface area contributed by atoms with Gasteiger partial charge in [0.05, 0.1) is 12.8 Å². The van der Waals surface area contributed by atoms with Gasteiger partial charge in [0.2, 0.25) is 5.91 Å². The first kappa shape index (κ1) is 18.7. The van der Waals surface area contributed by atoms with E-state index in [4.69, 9.17) is 9.15 Å². The lowest BCUT2D eigenvalue weighted by atomic mass is 10.0. The first-order chi connectivity index (χ1) is 12.0. The van der Waals surface area contributed by atoms with Gasteiger partial charge in [-0.2, -0.15) is 0 Å². The van der Waals surface area contributed by atoms with E-state index in [-0.39, 0.29) is 18.9 Å². The van der Waals surface area contributed by atoms with Crippen molar-refractivity contribution in [3.05, 3.63) is 41.9 Å². The predicted octanol–water partition coefficient (Wildman–Crippen LogP) is 3.08. The van der Waals surface area contributed by atoms with E-state index in [1.807, 2.05) is 12.1 Å². The lowest BCUT2D eigenvalue weighted by Crippen LogP contribution is -2.30. The second kappa shape index (κ2) is 9.01. The number of hydrogen-bond donors (Lipinski definition) is 1. The molecule has 0 fully saturated rings. The van der Waals surface area contributed by atoms with Crippen molar-refractivity contribution in [1.29, 1.82) is 0 Å². The zero-order chi connectivity index (χ0) is 18.2. The number of benzene rings is 1. The molecule has 6 nitrogen and oxygen atoms in total. The van der Waals surface area contributed by atoms with Crippen molar-refractivity contribution in [2.24, 2.45) is 0 Å². The van der Waals surface area contributed by atoms with E-state index in [2.05, 4.69) is 36.3 Å². The van der Waals surface area contributed by atoms with Crippen LogP contribution in [-0.2, 0) is 20.7 Å². The molecule has 2 rings (SSSR count). The second-order valence-corrected chi connectivity index (χ2v) is 5.98. The monoisotopic (exact) mass is 344 g/mol. The van der Waals surface area contributed by atoms with Crippen LogP contribution in [0.5, 0.6) is 0 Å². The fourth-order valence-electron chi connectivity index (χ4n) is 2.28. The summed E-state index contributed by atoms with van der Waals surface area (Å²) in [6, 6.07) is 8.16. The van der Waals surface area contributed by atoms with Crippen LogP contribution in [0.25, 0.3) is 11.3 Å². The third-order valence-electron chi connectivity index (χ3n) is 3.72. The van der Waals surface area contributed by atoms with Crippen LogP contribution in [0.4, 0.5) is 0 Å². The number of carbonyl (C=O) groups is 2. The second-order valence-electron chi connectivity index (χ2n) is 5.98. The van der Waals surface area contributed by atoms with E-state index in [1.54, 1.807) is 13.1 Å². The fraction of sp³-hybridized carbons (Fsp3) is 0.421. The maximum atomic E-state index is 11.7.